The Balaban J connectivity index is 2.37. The molecular formula is C13H16FN3. The first-order chi connectivity index (χ1) is 8.11. The summed E-state index contributed by atoms with van der Waals surface area (Å²) < 4.78 is 15.2. The average Bonchev–Trinajstić information content (AvgIpc) is 2.65. The number of aromatic nitrogens is 2. The van der Waals surface area contributed by atoms with E-state index in [-0.39, 0.29) is 5.82 Å². The predicted molar refractivity (Wildman–Crippen MR) is 65.1 cm³/mol. The van der Waals surface area contributed by atoms with Gasteiger partial charge in [0.05, 0.1) is 5.69 Å². The fourth-order valence-electron chi connectivity index (χ4n) is 1.87. The van der Waals surface area contributed by atoms with E-state index in [1.54, 1.807) is 18.3 Å². The molecule has 90 valence electrons. The average molecular weight is 233 g/mol. The van der Waals surface area contributed by atoms with Gasteiger partial charge < -0.3 is 10.3 Å². The Morgan fingerprint density at radius 2 is 2.12 bits per heavy atom. The van der Waals surface area contributed by atoms with E-state index in [4.69, 9.17) is 5.73 Å². The number of nitrogens with two attached hydrogens (primary N) is 1. The fraction of sp³-hybridized carbons (Fsp3) is 0.308. The SMILES string of the molecule is Cc1ccc(F)cc1Cn1c(CN)cnc1C. The third kappa shape index (κ3) is 2.36. The predicted octanol–water partition coefficient (Wildman–Crippen LogP) is 2.15. The monoisotopic (exact) mass is 233 g/mol. The molecule has 0 aliphatic carbocycles. The van der Waals surface area contributed by atoms with Crippen LogP contribution in [-0.2, 0) is 13.1 Å². The number of rotatable bonds is 3. The zero-order chi connectivity index (χ0) is 12.4. The van der Waals surface area contributed by atoms with Gasteiger partial charge in [-0.2, -0.15) is 0 Å². The van der Waals surface area contributed by atoms with Crippen LogP contribution >= 0.6 is 0 Å². The molecule has 2 N–H and O–H groups in total. The summed E-state index contributed by atoms with van der Waals surface area (Å²) in [4.78, 5) is 4.22. The lowest BCUT2D eigenvalue weighted by Gasteiger charge is -2.11. The van der Waals surface area contributed by atoms with Gasteiger partial charge in [-0.1, -0.05) is 6.07 Å². The lowest BCUT2D eigenvalue weighted by Crippen LogP contribution is -2.10. The number of aryl methyl sites for hydroxylation is 2. The van der Waals surface area contributed by atoms with Crippen LogP contribution in [0.15, 0.2) is 24.4 Å². The molecule has 0 unspecified atom stereocenters. The highest BCUT2D eigenvalue weighted by Gasteiger charge is 2.08. The molecule has 0 saturated carbocycles. The number of imidazole rings is 1. The van der Waals surface area contributed by atoms with Crippen LogP contribution in [0.5, 0.6) is 0 Å². The minimum absolute atomic E-state index is 0.210. The zero-order valence-corrected chi connectivity index (χ0v) is 10.1. The number of benzene rings is 1. The summed E-state index contributed by atoms with van der Waals surface area (Å²) in [5.41, 5.74) is 8.65. The number of halogens is 1. The van der Waals surface area contributed by atoms with Gasteiger partial charge >= 0.3 is 0 Å². The van der Waals surface area contributed by atoms with Crippen LogP contribution < -0.4 is 5.73 Å². The molecule has 0 spiro atoms. The molecule has 3 nitrogen and oxygen atoms in total. The van der Waals surface area contributed by atoms with Gasteiger partial charge in [0.25, 0.3) is 0 Å². The standard InChI is InChI=1S/C13H16FN3/c1-9-3-4-12(14)5-11(9)8-17-10(2)16-7-13(17)6-15/h3-5,7H,6,8,15H2,1-2H3. The highest BCUT2D eigenvalue weighted by Crippen LogP contribution is 2.14. The molecule has 1 aromatic carbocycles. The van der Waals surface area contributed by atoms with Gasteiger partial charge in [0, 0.05) is 19.3 Å². The molecular weight excluding hydrogens is 217 g/mol. The van der Waals surface area contributed by atoms with Crippen LogP contribution in [0, 0.1) is 19.7 Å². The van der Waals surface area contributed by atoms with Crippen molar-refractivity contribution in [2.75, 3.05) is 0 Å². The molecule has 0 radical (unpaired) electrons. The van der Waals surface area contributed by atoms with E-state index in [1.165, 1.54) is 6.07 Å². The van der Waals surface area contributed by atoms with E-state index in [0.717, 1.165) is 22.6 Å². The Labute approximate surface area is 100 Å². The topological polar surface area (TPSA) is 43.8 Å². The molecule has 0 atom stereocenters. The van der Waals surface area contributed by atoms with Gasteiger partial charge in [-0.05, 0) is 37.1 Å². The zero-order valence-electron chi connectivity index (χ0n) is 10.1. The van der Waals surface area contributed by atoms with E-state index in [9.17, 15) is 4.39 Å². The van der Waals surface area contributed by atoms with Crippen molar-refractivity contribution < 1.29 is 4.39 Å². The smallest absolute Gasteiger partial charge is 0.123 e. The molecule has 0 aliphatic rings. The van der Waals surface area contributed by atoms with Gasteiger partial charge in [0.1, 0.15) is 11.6 Å². The third-order valence-corrected chi connectivity index (χ3v) is 2.99. The number of nitrogens with zero attached hydrogens (tertiary/aromatic N) is 2. The largest absolute Gasteiger partial charge is 0.327 e. The lowest BCUT2D eigenvalue weighted by atomic mass is 10.1. The lowest BCUT2D eigenvalue weighted by molar-refractivity contribution is 0.620. The molecule has 0 aliphatic heterocycles. The number of hydrogen-bond acceptors (Lipinski definition) is 2. The van der Waals surface area contributed by atoms with E-state index in [1.807, 2.05) is 18.4 Å². The molecule has 17 heavy (non-hydrogen) atoms. The first-order valence-corrected chi connectivity index (χ1v) is 5.58. The van der Waals surface area contributed by atoms with Crippen LogP contribution in [0.3, 0.4) is 0 Å². The molecule has 2 aromatic rings. The van der Waals surface area contributed by atoms with Gasteiger partial charge in [-0.25, -0.2) is 9.37 Å². The van der Waals surface area contributed by atoms with E-state index in [2.05, 4.69) is 4.98 Å². The van der Waals surface area contributed by atoms with E-state index < -0.39 is 0 Å². The van der Waals surface area contributed by atoms with Crippen molar-refractivity contribution in [3.63, 3.8) is 0 Å². The minimum Gasteiger partial charge on any atom is -0.327 e. The van der Waals surface area contributed by atoms with Crippen molar-refractivity contribution in [1.29, 1.82) is 0 Å². The van der Waals surface area contributed by atoms with Gasteiger partial charge in [-0.15, -0.1) is 0 Å². The van der Waals surface area contributed by atoms with Gasteiger partial charge in [-0.3, -0.25) is 0 Å². The molecule has 0 saturated heterocycles. The van der Waals surface area contributed by atoms with Crippen molar-refractivity contribution in [1.82, 2.24) is 9.55 Å². The second-order valence-electron chi connectivity index (χ2n) is 4.16. The summed E-state index contributed by atoms with van der Waals surface area (Å²) in [6, 6.07) is 4.83. The van der Waals surface area contributed by atoms with Gasteiger partial charge in [0.2, 0.25) is 0 Å². The Kier molecular flexibility index (Phi) is 3.24. The maximum Gasteiger partial charge on any atom is 0.123 e. The molecule has 2 rings (SSSR count). The first-order valence-electron chi connectivity index (χ1n) is 5.58. The molecule has 4 heteroatoms. The molecule has 0 fully saturated rings. The highest BCUT2D eigenvalue weighted by atomic mass is 19.1. The van der Waals surface area contributed by atoms with Crippen molar-refractivity contribution >= 4 is 0 Å². The normalized spacial score (nSPS) is 10.8. The summed E-state index contributed by atoms with van der Waals surface area (Å²) in [7, 11) is 0. The van der Waals surface area contributed by atoms with Crippen molar-refractivity contribution in [2.24, 2.45) is 5.73 Å². The van der Waals surface area contributed by atoms with Crippen molar-refractivity contribution in [2.45, 2.75) is 26.9 Å². The Hall–Kier alpha value is -1.68. The number of hydrogen-bond donors (Lipinski definition) is 1. The summed E-state index contributed by atoms with van der Waals surface area (Å²) in [5, 5.41) is 0. The fourth-order valence-corrected chi connectivity index (χ4v) is 1.87. The van der Waals surface area contributed by atoms with Crippen LogP contribution in [0.4, 0.5) is 4.39 Å². The van der Waals surface area contributed by atoms with Gasteiger partial charge in [0.15, 0.2) is 0 Å². The van der Waals surface area contributed by atoms with Crippen LogP contribution in [0.25, 0.3) is 0 Å². The quantitative estimate of drug-likeness (QED) is 0.882. The second kappa shape index (κ2) is 4.67. The van der Waals surface area contributed by atoms with Crippen LogP contribution in [0.1, 0.15) is 22.6 Å². The van der Waals surface area contributed by atoms with Crippen molar-refractivity contribution in [3.8, 4) is 0 Å². The Morgan fingerprint density at radius 1 is 1.35 bits per heavy atom. The molecule has 0 amide bonds. The summed E-state index contributed by atoms with van der Waals surface area (Å²) in [6.07, 6.45) is 1.77. The minimum atomic E-state index is -0.210. The summed E-state index contributed by atoms with van der Waals surface area (Å²) >= 11 is 0. The first kappa shape index (κ1) is 11.8. The summed E-state index contributed by atoms with van der Waals surface area (Å²) in [5.74, 6) is 0.687. The molecule has 0 bridgehead atoms. The highest BCUT2D eigenvalue weighted by molar-refractivity contribution is 5.27. The molecule has 1 aromatic heterocycles. The Morgan fingerprint density at radius 3 is 2.82 bits per heavy atom. The van der Waals surface area contributed by atoms with E-state index >= 15 is 0 Å². The Bertz CT molecular complexity index is 531. The van der Waals surface area contributed by atoms with Crippen LogP contribution in [-0.4, -0.2) is 9.55 Å². The van der Waals surface area contributed by atoms with Crippen molar-refractivity contribution in [3.05, 3.63) is 52.9 Å². The molecule has 1 heterocycles. The van der Waals surface area contributed by atoms with Crippen LogP contribution in [0.2, 0.25) is 0 Å². The maximum atomic E-state index is 13.2. The summed E-state index contributed by atoms with van der Waals surface area (Å²) in [6.45, 7) is 4.95. The van der Waals surface area contributed by atoms with E-state index in [0.29, 0.717) is 13.1 Å². The maximum absolute atomic E-state index is 13.2. The third-order valence-electron chi connectivity index (χ3n) is 2.99. The second-order valence-corrected chi connectivity index (χ2v) is 4.16.